The molecule has 6 nitrogen and oxygen atoms in total. The minimum atomic E-state index is -3.80. The minimum absolute atomic E-state index is 0.0438. The minimum Gasteiger partial charge on any atom is -0.298 e. The van der Waals surface area contributed by atoms with Crippen molar-refractivity contribution in [2.75, 3.05) is 5.32 Å². The third-order valence-corrected chi connectivity index (χ3v) is 7.39. The van der Waals surface area contributed by atoms with Crippen molar-refractivity contribution in [1.82, 2.24) is 4.98 Å². The number of primary sulfonamides is 1. The van der Waals surface area contributed by atoms with Crippen LogP contribution in [0.15, 0.2) is 27.8 Å². The Hall–Kier alpha value is -1.59. The zero-order valence-electron chi connectivity index (χ0n) is 12.7. The van der Waals surface area contributed by atoms with E-state index in [1.54, 1.807) is 11.3 Å². The van der Waals surface area contributed by atoms with Crippen molar-refractivity contribution >= 4 is 55.1 Å². The number of anilines is 1. The van der Waals surface area contributed by atoms with Crippen LogP contribution in [-0.4, -0.2) is 19.3 Å². The topological polar surface area (TPSA) is 102 Å². The monoisotopic (exact) mass is 399 g/mol. The molecule has 3 N–H and O–H groups in total. The van der Waals surface area contributed by atoms with E-state index in [9.17, 15) is 13.2 Å². The summed E-state index contributed by atoms with van der Waals surface area (Å²) < 4.78 is 22.5. The molecule has 0 aliphatic rings. The van der Waals surface area contributed by atoms with Gasteiger partial charge in [-0.2, -0.15) is 0 Å². The number of thiophene rings is 2. The summed E-state index contributed by atoms with van der Waals surface area (Å²) in [7, 11) is -3.80. The van der Waals surface area contributed by atoms with Crippen LogP contribution in [-0.2, 0) is 10.0 Å². The van der Waals surface area contributed by atoms with Gasteiger partial charge in [-0.3, -0.25) is 10.1 Å². The number of hydrogen-bond donors (Lipinski definition) is 2. The summed E-state index contributed by atoms with van der Waals surface area (Å²) in [6.07, 6.45) is 0. The molecule has 3 heterocycles. The third-order valence-electron chi connectivity index (χ3n) is 3.11. The predicted octanol–water partition coefficient (Wildman–Crippen LogP) is 3.45. The number of nitrogens with one attached hydrogen (secondary N) is 1. The number of nitrogens with two attached hydrogens (primary N) is 1. The normalized spacial score (nSPS) is 11.6. The van der Waals surface area contributed by atoms with Crippen LogP contribution >= 0.6 is 34.0 Å². The first-order valence-corrected chi connectivity index (χ1v) is 10.8. The Labute approximate surface area is 151 Å². The lowest BCUT2D eigenvalue weighted by molar-refractivity contribution is 0.102. The fourth-order valence-corrected chi connectivity index (χ4v) is 5.38. The Morgan fingerprint density at radius 3 is 2.58 bits per heavy atom. The van der Waals surface area contributed by atoms with Gasteiger partial charge in [-0.25, -0.2) is 18.5 Å². The second-order valence-electron chi connectivity index (χ2n) is 4.99. The molecular weight excluding hydrogens is 386 g/mol. The summed E-state index contributed by atoms with van der Waals surface area (Å²) in [5, 5.41) is 9.69. The van der Waals surface area contributed by atoms with Crippen LogP contribution in [0.1, 0.15) is 20.1 Å². The number of hydrogen-bond acceptors (Lipinski definition) is 7. The first kappa shape index (κ1) is 17.2. The Balaban J connectivity index is 1.81. The second-order valence-corrected chi connectivity index (χ2v) is 10.2. The maximum absolute atomic E-state index is 12.2. The summed E-state index contributed by atoms with van der Waals surface area (Å²) in [4.78, 5) is 20.0. The number of aryl methyl sites for hydroxylation is 2. The standard InChI is InChI=1S/C14H13N3O3S4/c1-7-3-4-10(22-7)12-8(2)23-14(16-12)17-13(18)9-5-11(21-6-9)24(15,19)20/h3-6H,1-2H3,(H2,15,19,20)(H,16,17,18). The number of aromatic nitrogens is 1. The van der Waals surface area contributed by atoms with Crippen molar-refractivity contribution in [2.24, 2.45) is 5.14 Å². The van der Waals surface area contributed by atoms with Crippen molar-refractivity contribution in [3.8, 4) is 10.6 Å². The van der Waals surface area contributed by atoms with Crippen molar-refractivity contribution in [3.05, 3.63) is 38.9 Å². The lowest BCUT2D eigenvalue weighted by Crippen LogP contribution is -2.12. The fraction of sp³-hybridized carbons (Fsp3) is 0.143. The molecule has 3 aromatic heterocycles. The van der Waals surface area contributed by atoms with Gasteiger partial charge in [0, 0.05) is 15.1 Å². The van der Waals surface area contributed by atoms with Crippen molar-refractivity contribution in [2.45, 2.75) is 18.1 Å². The zero-order valence-corrected chi connectivity index (χ0v) is 16.0. The van der Waals surface area contributed by atoms with Crippen LogP contribution in [0.3, 0.4) is 0 Å². The van der Waals surface area contributed by atoms with Gasteiger partial charge in [-0.15, -0.1) is 34.0 Å². The molecule has 0 unspecified atom stereocenters. The molecule has 0 bridgehead atoms. The van der Waals surface area contributed by atoms with E-state index in [1.165, 1.54) is 27.7 Å². The van der Waals surface area contributed by atoms with Crippen LogP contribution in [0.2, 0.25) is 0 Å². The number of carbonyl (C=O) groups is 1. The molecule has 3 aromatic rings. The number of sulfonamides is 1. The van der Waals surface area contributed by atoms with Crippen LogP contribution in [0.5, 0.6) is 0 Å². The zero-order chi connectivity index (χ0) is 17.5. The fourth-order valence-electron chi connectivity index (χ4n) is 1.99. The number of thiazole rings is 1. The molecule has 0 saturated carbocycles. The molecule has 0 aromatic carbocycles. The number of rotatable bonds is 4. The quantitative estimate of drug-likeness (QED) is 0.701. The number of amides is 1. The van der Waals surface area contributed by atoms with Gasteiger partial charge in [0.1, 0.15) is 4.21 Å². The van der Waals surface area contributed by atoms with E-state index in [-0.39, 0.29) is 9.77 Å². The van der Waals surface area contributed by atoms with Gasteiger partial charge >= 0.3 is 0 Å². The van der Waals surface area contributed by atoms with Gasteiger partial charge < -0.3 is 0 Å². The lowest BCUT2D eigenvalue weighted by Gasteiger charge is -1.98. The molecule has 3 rings (SSSR count). The summed E-state index contributed by atoms with van der Waals surface area (Å²) in [6, 6.07) is 5.29. The molecule has 0 fully saturated rings. The van der Waals surface area contributed by atoms with E-state index in [4.69, 9.17) is 5.14 Å². The van der Waals surface area contributed by atoms with Gasteiger partial charge in [0.05, 0.1) is 16.1 Å². The van der Waals surface area contributed by atoms with E-state index in [1.807, 2.05) is 26.0 Å². The van der Waals surface area contributed by atoms with Crippen LogP contribution < -0.4 is 10.5 Å². The molecule has 0 atom stereocenters. The number of nitrogens with zero attached hydrogens (tertiary/aromatic N) is 1. The molecule has 0 spiro atoms. The first-order chi connectivity index (χ1) is 11.2. The van der Waals surface area contributed by atoms with Crippen LogP contribution in [0.25, 0.3) is 10.6 Å². The summed E-state index contributed by atoms with van der Waals surface area (Å²) in [6.45, 7) is 3.97. The number of carbonyl (C=O) groups excluding carboxylic acids is 1. The average Bonchev–Trinajstić information content (AvgIpc) is 3.17. The van der Waals surface area contributed by atoms with Crippen LogP contribution in [0.4, 0.5) is 5.13 Å². The molecule has 0 aliphatic carbocycles. The maximum Gasteiger partial charge on any atom is 0.258 e. The highest BCUT2D eigenvalue weighted by Gasteiger charge is 2.18. The molecule has 126 valence electrons. The highest BCUT2D eigenvalue weighted by molar-refractivity contribution is 7.91. The Morgan fingerprint density at radius 2 is 2.00 bits per heavy atom. The molecule has 1 amide bonds. The van der Waals surface area contributed by atoms with Crippen molar-refractivity contribution in [3.63, 3.8) is 0 Å². The van der Waals surface area contributed by atoms with E-state index >= 15 is 0 Å². The van der Waals surface area contributed by atoms with E-state index in [0.717, 1.165) is 26.8 Å². The lowest BCUT2D eigenvalue weighted by atomic mass is 10.3. The molecule has 0 saturated heterocycles. The van der Waals surface area contributed by atoms with E-state index in [2.05, 4.69) is 10.3 Å². The second kappa shape index (κ2) is 6.37. The van der Waals surface area contributed by atoms with Gasteiger partial charge in [0.25, 0.3) is 5.91 Å². The predicted molar refractivity (Wildman–Crippen MR) is 98.5 cm³/mol. The largest absolute Gasteiger partial charge is 0.298 e. The highest BCUT2D eigenvalue weighted by Crippen LogP contribution is 2.34. The van der Waals surface area contributed by atoms with Gasteiger partial charge in [0.15, 0.2) is 5.13 Å². The maximum atomic E-state index is 12.2. The van der Waals surface area contributed by atoms with Crippen molar-refractivity contribution < 1.29 is 13.2 Å². The Bertz CT molecular complexity index is 1010. The SMILES string of the molecule is Cc1ccc(-c2nc(NC(=O)c3csc(S(N)(=O)=O)c3)sc2C)s1. The first-order valence-electron chi connectivity index (χ1n) is 6.71. The molecule has 24 heavy (non-hydrogen) atoms. The highest BCUT2D eigenvalue weighted by atomic mass is 32.2. The summed E-state index contributed by atoms with van der Waals surface area (Å²) in [5.41, 5.74) is 1.09. The summed E-state index contributed by atoms with van der Waals surface area (Å²) in [5.74, 6) is -0.413. The molecule has 10 heteroatoms. The van der Waals surface area contributed by atoms with Crippen LogP contribution in [0, 0.1) is 13.8 Å². The van der Waals surface area contributed by atoms with E-state index in [0.29, 0.717) is 5.13 Å². The van der Waals surface area contributed by atoms with Gasteiger partial charge in [0.2, 0.25) is 10.0 Å². The van der Waals surface area contributed by atoms with Gasteiger partial charge in [-0.1, -0.05) is 0 Å². The molecule has 0 radical (unpaired) electrons. The third kappa shape index (κ3) is 3.57. The van der Waals surface area contributed by atoms with Gasteiger partial charge in [-0.05, 0) is 32.0 Å². The summed E-state index contributed by atoms with van der Waals surface area (Å²) >= 11 is 3.93. The molecule has 0 aliphatic heterocycles. The Morgan fingerprint density at radius 1 is 1.25 bits per heavy atom. The van der Waals surface area contributed by atoms with E-state index < -0.39 is 15.9 Å². The molecular formula is C14H13N3O3S4. The average molecular weight is 400 g/mol. The Kier molecular flexibility index (Phi) is 4.58. The smallest absolute Gasteiger partial charge is 0.258 e. The van der Waals surface area contributed by atoms with Crippen molar-refractivity contribution in [1.29, 1.82) is 0 Å².